The van der Waals surface area contributed by atoms with Crippen LogP contribution in [0, 0.1) is 5.82 Å². The molecule has 142 valence electrons. The second kappa shape index (κ2) is 8.51. The van der Waals surface area contributed by atoms with Gasteiger partial charge in [-0.1, -0.05) is 17.3 Å². The van der Waals surface area contributed by atoms with Crippen LogP contribution in [0.5, 0.6) is 0 Å². The molecule has 0 unspecified atom stereocenters. The summed E-state index contributed by atoms with van der Waals surface area (Å²) < 4.78 is 23.2. The molecule has 27 heavy (non-hydrogen) atoms. The second-order valence-electron chi connectivity index (χ2n) is 4.91. The number of urea groups is 1. The summed E-state index contributed by atoms with van der Waals surface area (Å²) in [7, 11) is 2.13. The van der Waals surface area contributed by atoms with Gasteiger partial charge < -0.3 is 14.8 Å². The Hall–Kier alpha value is -3.83. The molecule has 1 heterocycles. The lowest BCUT2D eigenvalue weighted by molar-refractivity contribution is -0.120. The number of imide groups is 1. The van der Waals surface area contributed by atoms with E-state index in [0.29, 0.717) is 0 Å². The minimum Gasteiger partial charge on any atom is -0.464 e. The third-order valence-electron chi connectivity index (χ3n) is 3.16. The zero-order chi connectivity index (χ0) is 20.0. The number of ether oxygens (including phenoxy) is 2. The molecule has 3 amide bonds. The monoisotopic (exact) mass is 379 g/mol. The Labute approximate surface area is 151 Å². The van der Waals surface area contributed by atoms with Gasteiger partial charge in [-0.15, -0.1) is 5.10 Å². The Bertz CT molecular complexity index is 897. The fourth-order valence-corrected chi connectivity index (χ4v) is 1.97. The third kappa shape index (κ3) is 4.62. The van der Waals surface area contributed by atoms with Gasteiger partial charge in [0.1, 0.15) is 12.4 Å². The van der Waals surface area contributed by atoms with E-state index < -0.39 is 47.6 Å². The Morgan fingerprint density at radius 1 is 1.11 bits per heavy atom. The summed E-state index contributed by atoms with van der Waals surface area (Å²) in [4.78, 5) is 47.2. The highest BCUT2D eigenvalue weighted by Crippen LogP contribution is 2.12. The summed E-state index contributed by atoms with van der Waals surface area (Å²) in [6.45, 7) is -0.640. The van der Waals surface area contributed by atoms with Crippen LogP contribution in [0.3, 0.4) is 0 Å². The van der Waals surface area contributed by atoms with Crippen molar-refractivity contribution in [2.24, 2.45) is 0 Å². The summed E-state index contributed by atoms with van der Waals surface area (Å²) in [5, 5.41) is 11.1. The molecule has 0 fully saturated rings. The molecule has 1 aromatic carbocycles. The van der Waals surface area contributed by atoms with Crippen LogP contribution in [0.4, 0.5) is 14.9 Å². The van der Waals surface area contributed by atoms with Gasteiger partial charge in [-0.2, -0.15) is 0 Å². The summed E-state index contributed by atoms with van der Waals surface area (Å²) in [6.07, 6.45) is 0. The van der Waals surface area contributed by atoms with Gasteiger partial charge in [0.2, 0.25) is 11.6 Å². The van der Waals surface area contributed by atoms with Crippen molar-refractivity contribution >= 4 is 29.6 Å². The maximum atomic E-state index is 13.5. The normalized spacial score (nSPS) is 10.0. The second-order valence-corrected chi connectivity index (χ2v) is 4.91. The zero-order valence-electron chi connectivity index (χ0n) is 14.2. The number of anilines is 1. The van der Waals surface area contributed by atoms with Crippen molar-refractivity contribution in [3.8, 4) is 0 Å². The van der Waals surface area contributed by atoms with Gasteiger partial charge in [0.15, 0.2) is 5.69 Å². The van der Waals surface area contributed by atoms with Crippen LogP contribution < -0.4 is 10.6 Å². The van der Waals surface area contributed by atoms with Gasteiger partial charge in [-0.3, -0.25) is 10.1 Å². The molecule has 0 aliphatic carbocycles. The molecular weight excluding hydrogens is 365 g/mol. The van der Waals surface area contributed by atoms with Crippen molar-refractivity contribution in [1.82, 2.24) is 20.3 Å². The topological polar surface area (TPSA) is 142 Å². The van der Waals surface area contributed by atoms with Crippen molar-refractivity contribution in [3.63, 3.8) is 0 Å². The fourth-order valence-electron chi connectivity index (χ4n) is 1.97. The lowest BCUT2D eigenvalue weighted by Gasteiger charge is -2.08. The number of hydrogen-bond acceptors (Lipinski definition) is 8. The highest BCUT2D eigenvalue weighted by atomic mass is 19.1. The van der Waals surface area contributed by atoms with Crippen LogP contribution in [-0.2, 0) is 20.8 Å². The molecule has 0 aliphatic rings. The number of esters is 2. The van der Waals surface area contributed by atoms with E-state index >= 15 is 0 Å². The smallest absolute Gasteiger partial charge is 0.361 e. The van der Waals surface area contributed by atoms with E-state index in [0.717, 1.165) is 25.0 Å². The number of methoxy groups -OCH3 is 2. The van der Waals surface area contributed by atoms with Gasteiger partial charge in [-0.05, 0) is 12.1 Å². The number of para-hydroxylation sites is 1. The number of carbonyl (C=O) groups excluding carboxylic acids is 4. The molecule has 0 aliphatic heterocycles. The first-order chi connectivity index (χ1) is 12.9. The molecule has 12 heteroatoms. The first-order valence-corrected chi connectivity index (χ1v) is 7.32. The van der Waals surface area contributed by atoms with Crippen molar-refractivity contribution in [2.75, 3.05) is 19.5 Å². The first-order valence-electron chi connectivity index (χ1n) is 7.32. The number of hydrogen-bond donors (Lipinski definition) is 2. The molecule has 0 atom stereocenters. The van der Waals surface area contributed by atoms with Gasteiger partial charge >= 0.3 is 18.0 Å². The Kier molecular flexibility index (Phi) is 6.14. The number of carbonyl (C=O) groups is 4. The molecule has 0 radical (unpaired) electrons. The lowest BCUT2D eigenvalue weighted by Crippen LogP contribution is -2.37. The number of halogens is 1. The zero-order valence-corrected chi connectivity index (χ0v) is 14.2. The Balaban J connectivity index is 2.10. The van der Waals surface area contributed by atoms with E-state index in [1.165, 1.54) is 18.2 Å². The predicted octanol–water partition coefficient (Wildman–Crippen LogP) is 0.339. The number of nitrogens with zero attached hydrogens (tertiary/aromatic N) is 3. The first kappa shape index (κ1) is 19.5. The highest BCUT2D eigenvalue weighted by Gasteiger charge is 2.28. The van der Waals surface area contributed by atoms with E-state index in [1.807, 2.05) is 5.32 Å². The third-order valence-corrected chi connectivity index (χ3v) is 3.16. The standard InChI is InChI=1S/C15H14FN5O6/c1-26-13(23)11-12(14(24)27-2)21(20-19-11)7-10(22)18-15(25)17-9-6-4-3-5-8(9)16/h3-6H,7H2,1-2H3,(H2,17,18,22,25). The minimum atomic E-state index is -1.00. The van der Waals surface area contributed by atoms with Crippen LogP contribution in [0.25, 0.3) is 0 Å². The summed E-state index contributed by atoms with van der Waals surface area (Å²) in [5.41, 5.74) is -1.01. The summed E-state index contributed by atoms with van der Waals surface area (Å²) in [5.74, 6) is -3.54. The van der Waals surface area contributed by atoms with Gasteiger partial charge in [0.05, 0.1) is 19.9 Å². The van der Waals surface area contributed by atoms with Crippen molar-refractivity contribution in [1.29, 1.82) is 0 Å². The minimum absolute atomic E-state index is 0.133. The molecule has 1 aromatic heterocycles. The molecule has 0 bridgehead atoms. The van der Waals surface area contributed by atoms with Crippen LogP contribution in [0.1, 0.15) is 21.0 Å². The Morgan fingerprint density at radius 2 is 1.78 bits per heavy atom. The lowest BCUT2D eigenvalue weighted by atomic mass is 10.3. The molecule has 11 nitrogen and oxygen atoms in total. The maximum absolute atomic E-state index is 13.5. The molecule has 2 N–H and O–H groups in total. The van der Waals surface area contributed by atoms with Crippen LogP contribution in [0.2, 0.25) is 0 Å². The van der Waals surface area contributed by atoms with E-state index in [-0.39, 0.29) is 5.69 Å². The molecule has 0 saturated carbocycles. The van der Waals surface area contributed by atoms with Crippen LogP contribution in [0.15, 0.2) is 24.3 Å². The maximum Gasteiger partial charge on any atom is 0.361 e. The average Bonchev–Trinajstić information content (AvgIpc) is 3.05. The van der Waals surface area contributed by atoms with E-state index in [1.54, 1.807) is 0 Å². The number of benzene rings is 1. The Morgan fingerprint density at radius 3 is 2.41 bits per heavy atom. The van der Waals surface area contributed by atoms with E-state index in [2.05, 4.69) is 25.1 Å². The van der Waals surface area contributed by atoms with Gasteiger partial charge in [0.25, 0.3) is 0 Å². The average molecular weight is 379 g/mol. The number of nitrogens with one attached hydrogen (secondary N) is 2. The van der Waals surface area contributed by atoms with Crippen LogP contribution in [-0.4, -0.2) is 53.1 Å². The van der Waals surface area contributed by atoms with Gasteiger partial charge in [0, 0.05) is 0 Å². The molecule has 0 spiro atoms. The predicted molar refractivity (Wildman–Crippen MR) is 86.3 cm³/mol. The quantitative estimate of drug-likeness (QED) is 0.708. The van der Waals surface area contributed by atoms with Gasteiger partial charge in [-0.25, -0.2) is 23.5 Å². The number of amides is 3. The van der Waals surface area contributed by atoms with Crippen molar-refractivity contribution in [3.05, 3.63) is 41.5 Å². The summed E-state index contributed by atoms with van der Waals surface area (Å²) >= 11 is 0. The van der Waals surface area contributed by atoms with E-state index in [9.17, 15) is 23.6 Å². The summed E-state index contributed by atoms with van der Waals surface area (Å²) in [6, 6.07) is 4.35. The number of aromatic nitrogens is 3. The van der Waals surface area contributed by atoms with Crippen molar-refractivity contribution in [2.45, 2.75) is 6.54 Å². The molecular formula is C15H14FN5O6. The molecule has 0 saturated heterocycles. The molecule has 2 rings (SSSR count). The fraction of sp³-hybridized carbons (Fsp3) is 0.200. The molecule has 2 aromatic rings. The van der Waals surface area contributed by atoms with Crippen molar-refractivity contribution < 1.29 is 33.0 Å². The SMILES string of the molecule is COC(=O)c1nnn(CC(=O)NC(=O)Nc2ccccc2F)c1C(=O)OC. The largest absolute Gasteiger partial charge is 0.464 e. The number of rotatable bonds is 5. The van der Waals surface area contributed by atoms with Crippen LogP contribution >= 0.6 is 0 Å². The highest BCUT2D eigenvalue weighted by molar-refractivity contribution is 6.02. The van der Waals surface area contributed by atoms with E-state index in [4.69, 9.17) is 0 Å².